The number of hydrogen-bond donors (Lipinski definition) is 1. The van der Waals surface area contributed by atoms with Gasteiger partial charge in [-0.25, -0.2) is 0 Å². The smallest absolute Gasteiger partial charge is 0.319 e. The molecule has 0 saturated carbocycles. The van der Waals surface area contributed by atoms with Gasteiger partial charge < -0.3 is 10.1 Å². The van der Waals surface area contributed by atoms with Crippen LogP contribution in [0.3, 0.4) is 0 Å². The number of nitrogens with zero attached hydrogens (tertiary/aromatic N) is 5. The zero-order valence-corrected chi connectivity index (χ0v) is 14.4. The molecule has 1 N–H and O–H groups in total. The highest BCUT2D eigenvalue weighted by atomic mass is 16.5. The molecule has 2 aromatic rings. The second-order valence-electron chi connectivity index (χ2n) is 6.51. The molecular weight excluding hydrogens is 308 g/mol. The molecule has 8 heteroatoms. The van der Waals surface area contributed by atoms with Crippen LogP contribution in [0.5, 0.6) is 0 Å². The van der Waals surface area contributed by atoms with Gasteiger partial charge >= 0.3 is 5.97 Å². The van der Waals surface area contributed by atoms with Crippen molar-refractivity contribution in [2.45, 2.75) is 38.6 Å². The normalized spacial score (nSPS) is 16.7. The number of ether oxygens (including phenoxy) is 1. The zero-order valence-electron chi connectivity index (χ0n) is 14.4. The summed E-state index contributed by atoms with van der Waals surface area (Å²) >= 11 is 0. The van der Waals surface area contributed by atoms with Crippen LogP contribution in [0.2, 0.25) is 0 Å². The second-order valence-corrected chi connectivity index (χ2v) is 6.51. The Morgan fingerprint density at radius 3 is 2.83 bits per heavy atom. The van der Waals surface area contributed by atoms with Crippen molar-refractivity contribution in [2.75, 3.05) is 32.1 Å². The molecule has 1 fully saturated rings. The zero-order chi connectivity index (χ0) is 17.1. The first kappa shape index (κ1) is 16.6. The quantitative estimate of drug-likeness (QED) is 0.826. The Balaban J connectivity index is 1.68. The summed E-state index contributed by atoms with van der Waals surface area (Å²) in [5.41, 5.74) is 2.72. The summed E-state index contributed by atoms with van der Waals surface area (Å²) in [6.45, 7) is 6.35. The summed E-state index contributed by atoms with van der Waals surface area (Å²) in [6.07, 6.45) is 3.57. The summed E-state index contributed by atoms with van der Waals surface area (Å²) in [4.78, 5) is 13.5. The molecule has 0 aliphatic carbocycles. The van der Waals surface area contributed by atoms with Gasteiger partial charge in [0.25, 0.3) is 0 Å². The monoisotopic (exact) mass is 332 g/mol. The van der Waals surface area contributed by atoms with Crippen molar-refractivity contribution >= 4 is 17.3 Å². The summed E-state index contributed by atoms with van der Waals surface area (Å²) < 4.78 is 6.46. The molecule has 0 spiro atoms. The molecule has 0 aromatic carbocycles. The Kier molecular flexibility index (Phi) is 4.94. The van der Waals surface area contributed by atoms with E-state index in [2.05, 4.69) is 45.4 Å². The number of hydrogen-bond acceptors (Lipinski definition) is 7. The molecular formula is C16H24N6O2. The van der Waals surface area contributed by atoms with Gasteiger partial charge in [0.2, 0.25) is 5.65 Å². The number of carbonyl (C=O) groups is 1. The fourth-order valence-corrected chi connectivity index (χ4v) is 2.94. The third kappa shape index (κ3) is 3.64. The van der Waals surface area contributed by atoms with Gasteiger partial charge in [-0.3, -0.25) is 9.69 Å². The average Bonchev–Trinajstić information content (AvgIpc) is 3.05. The van der Waals surface area contributed by atoms with Gasteiger partial charge in [0, 0.05) is 19.1 Å². The van der Waals surface area contributed by atoms with Crippen LogP contribution in [0.4, 0.5) is 5.69 Å². The first-order valence-corrected chi connectivity index (χ1v) is 8.33. The standard InChI is InChI=1S/C16H24N6O2/c1-11(2)13-8-14(16-19-17-10-22(16)20-13)18-12-4-6-21(7-5-12)9-15(23)24-3/h8,10-12,18H,4-7,9H2,1-3H3. The van der Waals surface area contributed by atoms with Crippen LogP contribution in [0, 0.1) is 0 Å². The van der Waals surface area contributed by atoms with Crippen LogP contribution in [-0.2, 0) is 9.53 Å². The Bertz CT molecular complexity index is 706. The van der Waals surface area contributed by atoms with E-state index in [-0.39, 0.29) is 5.97 Å². The minimum atomic E-state index is -0.178. The summed E-state index contributed by atoms with van der Waals surface area (Å²) in [7, 11) is 1.43. The predicted octanol–water partition coefficient (Wildman–Crippen LogP) is 1.30. The van der Waals surface area contributed by atoms with E-state index in [9.17, 15) is 4.79 Å². The number of piperidine rings is 1. The largest absolute Gasteiger partial charge is 0.468 e. The molecule has 0 amide bonds. The van der Waals surface area contributed by atoms with Crippen molar-refractivity contribution in [1.82, 2.24) is 24.7 Å². The van der Waals surface area contributed by atoms with Gasteiger partial charge in [0.05, 0.1) is 25.0 Å². The van der Waals surface area contributed by atoms with Crippen LogP contribution < -0.4 is 5.32 Å². The number of aromatic nitrogens is 4. The molecule has 0 radical (unpaired) electrons. The van der Waals surface area contributed by atoms with E-state index in [1.54, 1.807) is 10.8 Å². The molecule has 0 bridgehead atoms. The van der Waals surface area contributed by atoms with Crippen LogP contribution in [0.1, 0.15) is 38.3 Å². The van der Waals surface area contributed by atoms with Crippen molar-refractivity contribution in [2.24, 2.45) is 0 Å². The molecule has 0 unspecified atom stereocenters. The number of nitrogens with one attached hydrogen (secondary N) is 1. The molecule has 1 aliphatic heterocycles. The van der Waals surface area contributed by atoms with Crippen LogP contribution in [0.15, 0.2) is 12.4 Å². The third-order valence-corrected chi connectivity index (χ3v) is 4.41. The highest BCUT2D eigenvalue weighted by Crippen LogP contribution is 2.23. The van der Waals surface area contributed by atoms with E-state index >= 15 is 0 Å². The SMILES string of the molecule is COC(=O)CN1CCC(Nc2cc(C(C)C)nn3cnnc23)CC1. The van der Waals surface area contributed by atoms with Crippen molar-refractivity contribution in [1.29, 1.82) is 0 Å². The third-order valence-electron chi connectivity index (χ3n) is 4.41. The van der Waals surface area contributed by atoms with Crippen molar-refractivity contribution < 1.29 is 9.53 Å². The number of esters is 1. The highest BCUT2D eigenvalue weighted by Gasteiger charge is 2.22. The number of rotatable bonds is 5. The minimum absolute atomic E-state index is 0.178. The maximum absolute atomic E-state index is 11.4. The molecule has 24 heavy (non-hydrogen) atoms. The lowest BCUT2D eigenvalue weighted by Gasteiger charge is -2.32. The maximum atomic E-state index is 11.4. The predicted molar refractivity (Wildman–Crippen MR) is 90.0 cm³/mol. The van der Waals surface area contributed by atoms with E-state index in [4.69, 9.17) is 4.74 Å². The Labute approximate surface area is 141 Å². The fraction of sp³-hybridized carbons (Fsp3) is 0.625. The Morgan fingerprint density at radius 1 is 1.42 bits per heavy atom. The lowest BCUT2D eigenvalue weighted by Crippen LogP contribution is -2.41. The molecule has 2 aromatic heterocycles. The van der Waals surface area contributed by atoms with Crippen molar-refractivity contribution in [3.63, 3.8) is 0 Å². The summed E-state index contributed by atoms with van der Waals surface area (Å²) in [5, 5.41) is 16.2. The van der Waals surface area contributed by atoms with E-state index in [0.717, 1.165) is 43.0 Å². The van der Waals surface area contributed by atoms with Gasteiger partial charge in [0.1, 0.15) is 6.33 Å². The van der Waals surface area contributed by atoms with Gasteiger partial charge in [-0.05, 0) is 24.8 Å². The lowest BCUT2D eigenvalue weighted by molar-refractivity contribution is -0.142. The Morgan fingerprint density at radius 2 is 2.17 bits per heavy atom. The average molecular weight is 332 g/mol. The first-order chi connectivity index (χ1) is 11.6. The second kappa shape index (κ2) is 7.12. The molecule has 1 aliphatic rings. The van der Waals surface area contributed by atoms with E-state index < -0.39 is 0 Å². The Hall–Kier alpha value is -2.22. The number of likely N-dealkylation sites (tertiary alicyclic amines) is 1. The van der Waals surface area contributed by atoms with Crippen LogP contribution >= 0.6 is 0 Å². The van der Waals surface area contributed by atoms with E-state index in [1.165, 1.54) is 7.11 Å². The molecule has 3 heterocycles. The van der Waals surface area contributed by atoms with Gasteiger partial charge in [-0.1, -0.05) is 13.8 Å². The molecule has 130 valence electrons. The molecule has 3 rings (SSSR count). The fourth-order valence-electron chi connectivity index (χ4n) is 2.94. The van der Waals surface area contributed by atoms with Gasteiger partial charge in [-0.2, -0.15) is 9.61 Å². The van der Waals surface area contributed by atoms with Gasteiger partial charge in [-0.15, -0.1) is 10.2 Å². The molecule has 1 saturated heterocycles. The molecule has 0 atom stereocenters. The number of anilines is 1. The van der Waals surface area contributed by atoms with E-state index in [0.29, 0.717) is 18.5 Å². The maximum Gasteiger partial charge on any atom is 0.319 e. The van der Waals surface area contributed by atoms with Crippen molar-refractivity contribution in [3.8, 4) is 0 Å². The minimum Gasteiger partial charge on any atom is -0.468 e. The van der Waals surface area contributed by atoms with Gasteiger partial charge in [0.15, 0.2) is 0 Å². The van der Waals surface area contributed by atoms with Crippen LogP contribution in [-0.4, -0.2) is 63.5 Å². The highest BCUT2D eigenvalue weighted by molar-refractivity contribution is 5.71. The summed E-state index contributed by atoms with van der Waals surface area (Å²) in [5.74, 6) is 0.154. The summed E-state index contributed by atoms with van der Waals surface area (Å²) in [6, 6.07) is 2.41. The first-order valence-electron chi connectivity index (χ1n) is 8.33. The lowest BCUT2D eigenvalue weighted by atomic mass is 10.0. The number of carbonyl (C=O) groups excluding carboxylic acids is 1. The van der Waals surface area contributed by atoms with Crippen molar-refractivity contribution in [3.05, 3.63) is 18.1 Å². The molecule has 8 nitrogen and oxygen atoms in total. The number of fused-ring (bicyclic) bond motifs is 1. The number of methoxy groups -OCH3 is 1. The van der Waals surface area contributed by atoms with Crippen LogP contribution in [0.25, 0.3) is 5.65 Å². The topological polar surface area (TPSA) is 84.7 Å². The van der Waals surface area contributed by atoms with E-state index in [1.807, 2.05) is 0 Å².